The summed E-state index contributed by atoms with van der Waals surface area (Å²) in [4.78, 5) is 14.9. The largest absolute Gasteiger partial charge is 0.383 e. The molecule has 70 valence electrons. The van der Waals surface area contributed by atoms with E-state index < -0.39 is 0 Å². The molecule has 1 aromatic heterocycles. The Labute approximate surface area is 75.1 Å². The zero-order valence-corrected chi connectivity index (χ0v) is 7.14. The topological polar surface area (TPSA) is 70.1 Å². The van der Waals surface area contributed by atoms with Gasteiger partial charge in [0, 0.05) is 18.7 Å². The average molecular weight is 181 g/mol. The minimum absolute atomic E-state index is 0.270. The highest BCUT2D eigenvalue weighted by Crippen LogP contribution is 2.11. The van der Waals surface area contributed by atoms with Gasteiger partial charge in [-0.25, -0.2) is 4.79 Å². The first kappa shape index (κ1) is 8.25. The molecule has 0 saturated carbocycles. The first-order valence-electron chi connectivity index (χ1n) is 4.16. The monoisotopic (exact) mass is 181 g/mol. The van der Waals surface area contributed by atoms with Crippen LogP contribution < -0.4 is 11.4 Å². The first-order valence-corrected chi connectivity index (χ1v) is 4.16. The summed E-state index contributed by atoms with van der Waals surface area (Å²) < 4.78 is 6.57. The van der Waals surface area contributed by atoms with Crippen molar-refractivity contribution in [2.75, 3.05) is 18.9 Å². The summed E-state index contributed by atoms with van der Waals surface area (Å²) in [6.07, 6.45) is 1.67. The van der Waals surface area contributed by atoms with Gasteiger partial charge in [-0.05, 0) is 6.07 Å². The Bertz CT molecular complexity index is 357. The van der Waals surface area contributed by atoms with Gasteiger partial charge in [0.15, 0.2) is 0 Å². The molecule has 0 unspecified atom stereocenters. The summed E-state index contributed by atoms with van der Waals surface area (Å²) in [6.45, 7) is 2.14. The van der Waals surface area contributed by atoms with Crippen molar-refractivity contribution in [3.05, 3.63) is 22.7 Å². The van der Waals surface area contributed by atoms with Gasteiger partial charge in [-0.3, -0.25) is 4.57 Å². The molecule has 2 rings (SSSR count). The van der Waals surface area contributed by atoms with Crippen molar-refractivity contribution in [3.63, 3.8) is 0 Å². The van der Waals surface area contributed by atoms with E-state index in [1.54, 1.807) is 16.8 Å². The van der Waals surface area contributed by atoms with E-state index >= 15 is 0 Å². The van der Waals surface area contributed by atoms with E-state index in [2.05, 4.69) is 4.98 Å². The molecule has 2 heterocycles. The normalized spacial score (nSPS) is 16.9. The van der Waals surface area contributed by atoms with E-state index in [9.17, 15) is 4.79 Å². The summed E-state index contributed by atoms with van der Waals surface area (Å²) in [5.41, 5.74) is 5.07. The van der Waals surface area contributed by atoms with Crippen LogP contribution in [0.15, 0.2) is 17.1 Å². The van der Waals surface area contributed by atoms with Gasteiger partial charge in [0.05, 0.1) is 13.2 Å². The first-order chi connectivity index (χ1) is 6.25. The number of rotatable bonds is 2. The van der Waals surface area contributed by atoms with Crippen molar-refractivity contribution in [1.82, 2.24) is 9.55 Å². The second-order valence-electron chi connectivity index (χ2n) is 3.19. The number of hydrogen-bond donors (Lipinski definition) is 1. The van der Waals surface area contributed by atoms with Gasteiger partial charge in [0.1, 0.15) is 5.82 Å². The zero-order valence-electron chi connectivity index (χ0n) is 7.14. The van der Waals surface area contributed by atoms with Crippen molar-refractivity contribution in [2.24, 2.45) is 5.92 Å². The van der Waals surface area contributed by atoms with Crippen molar-refractivity contribution in [1.29, 1.82) is 0 Å². The van der Waals surface area contributed by atoms with E-state index in [1.807, 2.05) is 0 Å². The molecule has 0 bridgehead atoms. The van der Waals surface area contributed by atoms with Crippen molar-refractivity contribution >= 4 is 5.82 Å². The molecule has 0 radical (unpaired) electrons. The highest BCUT2D eigenvalue weighted by Gasteiger charge is 2.19. The molecule has 0 aromatic carbocycles. The lowest BCUT2D eigenvalue weighted by Crippen LogP contribution is -2.35. The highest BCUT2D eigenvalue weighted by molar-refractivity contribution is 5.23. The predicted molar refractivity (Wildman–Crippen MR) is 47.2 cm³/mol. The highest BCUT2D eigenvalue weighted by atomic mass is 16.5. The molecule has 0 amide bonds. The third-order valence-electron chi connectivity index (χ3n) is 2.06. The van der Waals surface area contributed by atoms with Crippen LogP contribution in [0.2, 0.25) is 0 Å². The molecule has 5 heteroatoms. The lowest BCUT2D eigenvalue weighted by Gasteiger charge is -2.26. The molecule has 1 fully saturated rings. The quantitative estimate of drug-likeness (QED) is 0.666. The molecular formula is C8H11N3O2. The van der Waals surface area contributed by atoms with Gasteiger partial charge in [-0.15, -0.1) is 0 Å². The molecule has 0 aliphatic carbocycles. The molecule has 1 aliphatic heterocycles. The average Bonchev–Trinajstić information content (AvgIpc) is 1.99. The van der Waals surface area contributed by atoms with E-state index in [0.717, 1.165) is 13.2 Å². The van der Waals surface area contributed by atoms with Crippen molar-refractivity contribution in [3.8, 4) is 0 Å². The molecule has 13 heavy (non-hydrogen) atoms. The Morgan fingerprint density at radius 3 is 3.00 bits per heavy atom. The van der Waals surface area contributed by atoms with Crippen LogP contribution in [0.3, 0.4) is 0 Å². The third kappa shape index (κ3) is 1.70. The summed E-state index contributed by atoms with van der Waals surface area (Å²) in [5, 5.41) is 0. The Balaban J connectivity index is 2.15. The van der Waals surface area contributed by atoms with Crippen LogP contribution in [-0.4, -0.2) is 22.8 Å². The van der Waals surface area contributed by atoms with Crippen molar-refractivity contribution in [2.45, 2.75) is 6.54 Å². The van der Waals surface area contributed by atoms with Crippen LogP contribution in [0, 0.1) is 5.92 Å². The molecular weight excluding hydrogens is 170 g/mol. The summed E-state index contributed by atoms with van der Waals surface area (Å²) in [6, 6.07) is 1.63. The van der Waals surface area contributed by atoms with Gasteiger partial charge < -0.3 is 10.5 Å². The second-order valence-corrected chi connectivity index (χ2v) is 3.19. The standard InChI is InChI=1S/C8H11N3O2/c9-7-1-2-11(8(12)10-7)3-6-4-13-5-6/h1-2,6H,3-5H2,(H2,9,10,12). The number of ether oxygens (including phenoxy) is 1. The molecule has 0 atom stereocenters. The maximum atomic E-state index is 11.2. The number of nitrogens with zero attached hydrogens (tertiary/aromatic N) is 2. The molecule has 5 nitrogen and oxygen atoms in total. The number of anilines is 1. The minimum atomic E-state index is -0.285. The van der Waals surface area contributed by atoms with Crippen LogP contribution in [0.4, 0.5) is 5.82 Å². The predicted octanol–water partition coefficient (Wildman–Crippen LogP) is -0.528. The second kappa shape index (κ2) is 3.18. The fourth-order valence-electron chi connectivity index (χ4n) is 1.25. The van der Waals surface area contributed by atoms with E-state index in [4.69, 9.17) is 10.5 Å². The maximum absolute atomic E-state index is 11.2. The smallest absolute Gasteiger partial charge is 0.349 e. The Kier molecular flexibility index (Phi) is 2.02. The Hall–Kier alpha value is -1.36. The van der Waals surface area contributed by atoms with E-state index in [-0.39, 0.29) is 11.5 Å². The summed E-state index contributed by atoms with van der Waals surface area (Å²) >= 11 is 0. The number of nitrogens with two attached hydrogens (primary N) is 1. The van der Waals surface area contributed by atoms with Gasteiger partial charge in [0.25, 0.3) is 0 Å². The molecule has 1 aromatic rings. The lowest BCUT2D eigenvalue weighted by atomic mass is 10.1. The third-order valence-corrected chi connectivity index (χ3v) is 2.06. The van der Waals surface area contributed by atoms with Crippen molar-refractivity contribution < 1.29 is 4.74 Å². The number of aromatic nitrogens is 2. The van der Waals surface area contributed by atoms with Crippen LogP contribution >= 0.6 is 0 Å². The van der Waals surface area contributed by atoms with Crippen LogP contribution in [0.1, 0.15) is 0 Å². The number of hydrogen-bond acceptors (Lipinski definition) is 4. The Morgan fingerprint density at radius 1 is 1.69 bits per heavy atom. The van der Waals surface area contributed by atoms with Crippen LogP contribution in [-0.2, 0) is 11.3 Å². The molecule has 2 N–H and O–H groups in total. The van der Waals surface area contributed by atoms with Gasteiger partial charge in [0.2, 0.25) is 0 Å². The van der Waals surface area contributed by atoms with Gasteiger partial charge in [-0.2, -0.15) is 4.98 Å². The minimum Gasteiger partial charge on any atom is -0.383 e. The lowest BCUT2D eigenvalue weighted by molar-refractivity contribution is -0.0399. The maximum Gasteiger partial charge on any atom is 0.349 e. The van der Waals surface area contributed by atoms with Crippen LogP contribution in [0.5, 0.6) is 0 Å². The van der Waals surface area contributed by atoms with Crippen LogP contribution in [0.25, 0.3) is 0 Å². The fraction of sp³-hybridized carbons (Fsp3) is 0.500. The summed E-state index contributed by atoms with van der Waals surface area (Å²) in [5.74, 6) is 0.717. The Morgan fingerprint density at radius 2 is 2.46 bits per heavy atom. The molecule has 1 aliphatic rings. The fourth-order valence-corrected chi connectivity index (χ4v) is 1.25. The number of nitrogen functional groups attached to an aromatic ring is 1. The molecule has 0 spiro atoms. The van der Waals surface area contributed by atoms with E-state index in [1.165, 1.54) is 0 Å². The SMILES string of the molecule is Nc1ccn(CC2COC2)c(=O)n1. The summed E-state index contributed by atoms with van der Waals surface area (Å²) in [7, 11) is 0. The van der Waals surface area contributed by atoms with Gasteiger partial charge >= 0.3 is 5.69 Å². The molecule has 1 saturated heterocycles. The van der Waals surface area contributed by atoms with E-state index in [0.29, 0.717) is 12.5 Å². The zero-order chi connectivity index (χ0) is 9.26. The van der Waals surface area contributed by atoms with Gasteiger partial charge in [-0.1, -0.05) is 0 Å².